The van der Waals surface area contributed by atoms with E-state index < -0.39 is 0 Å². The zero-order valence-electron chi connectivity index (χ0n) is 11.2. The molecule has 0 aliphatic carbocycles. The summed E-state index contributed by atoms with van der Waals surface area (Å²) in [6.07, 6.45) is 2.68. The number of hydrogen-bond donors (Lipinski definition) is 1. The largest absolute Gasteiger partial charge is 0.478 e. The number of aromatic nitrogens is 2. The predicted molar refractivity (Wildman–Crippen MR) is 71.6 cm³/mol. The summed E-state index contributed by atoms with van der Waals surface area (Å²) < 4.78 is 10.8. The highest BCUT2D eigenvalue weighted by molar-refractivity contribution is 5.44. The first kappa shape index (κ1) is 12.6. The first-order valence-electron chi connectivity index (χ1n) is 6.88. The van der Waals surface area contributed by atoms with Gasteiger partial charge in [0.1, 0.15) is 12.1 Å². The third kappa shape index (κ3) is 2.96. The highest BCUT2D eigenvalue weighted by atomic mass is 16.5. The van der Waals surface area contributed by atoms with Crippen LogP contribution < -0.4 is 15.0 Å². The van der Waals surface area contributed by atoms with E-state index in [0.717, 1.165) is 38.5 Å². The molecule has 19 heavy (non-hydrogen) atoms. The van der Waals surface area contributed by atoms with E-state index in [1.165, 1.54) is 0 Å². The molecule has 0 aromatic carbocycles. The van der Waals surface area contributed by atoms with Crippen LogP contribution in [-0.4, -0.2) is 55.0 Å². The maximum Gasteiger partial charge on any atom is 0.218 e. The number of nitrogens with zero attached hydrogens (tertiary/aromatic N) is 3. The summed E-state index contributed by atoms with van der Waals surface area (Å²) >= 11 is 0. The molecule has 3 rings (SSSR count). The fraction of sp³-hybridized carbons (Fsp3) is 0.692. The average molecular weight is 264 g/mol. The minimum Gasteiger partial charge on any atom is -0.478 e. The van der Waals surface area contributed by atoms with Crippen LogP contribution in [0.25, 0.3) is 0 Å². The highest BCUT2D eigenvalue weighted by Crippen LogP contribution is 2.21. The number of anilines is 1. The monoisotopic (exact) mass is 264 g/mol. The normalized spacial score (nSPS) is 23.4. The van der Waals surface area contributed by atoms with Gasteiger partial charge in [-0.25, -0.2) is 9.97 Å². The van der Waals surface area contributed by atoms with Crippen molar-refractivity contribution in [2.75, 3.05) is 37.8 Å². The van der Waals surface area contributed by atoms with Crippen molar-refractivity contribution < 1.29 is 9.47 Å². The summed E-state index contributed by atoms with van der Waals surface area (Å²) in [5.74, 6) is 1.59. The Morgan fingerprint density at radius 1 is 1.42 bits per heavy atom. The fourth-order valence-electron chi connectivity index (χ4n) is 2.50. The van der Waals surface area contributed by atoms with Crippen molar-refractivity contribution >= 4 is 5.82 Å². The van der Waals surface area contributed by atoms with Crippen molar-refractivity contribution in [2.45, 2.75) is 25.4 Å². The van der Waals surface area contributed by atoms with Gasteiger partial charge in [-0.3, -0.25) is 0 Å². The SMILES string of the molecule is CCOc1cc(N2CC(N[C@H]3CCOC3)C2)ncn1. The lowest BCUT2D eigenvalue weighted by molar-refractivity contribution is 0.186. The lowest BCUT2D eigenvalue weighted by Gasteiger charge is -2.41. The first-order valence-corrected chi connectivity index (χ1v) is 6.88. The van der Waals surface area contributed by atoms with Gasteiger partial charge in [0, 0.05) is 37.8 Å². The summed E-state index contributed by atoms with van der Waals surface area (Å²) in [4.78, 5) is 10.6. The van der Waals surface area contributed by atoms with Crippen molar-refractivity contribution in [3.05, 3.63) is 12.4 Å². The Balaban J connectivity index is 1.50. The molecule has 2 aliphatic heterocycles. The highest BCUT2D eigenvalue weighted by Gasteiger charge is 2.30. The van der Waals surface area contributed by atoms with Crippen LogP contribution in [0.2, 0.25) is 0 Å². The van der Waals surface area contributed by atoms with Gasteiger partial charge in [0.05, 0.1) is 13.2 Å². The fourth-order valence-corrected chi connectivity index (χ4v) is 2.50. The zero-order valence-corrected chi connectivity index (χ0v) is 11.2. The molecule has 2 fully saturated rings. The van der Waals surface area contributed by atoms with Crippen LogP contribution in [0.1, 0.15) is 13.3 Å². The standard InChI is InChI=1S/C13H20N4O2/c1-2-19-13-5-12(14-9-15-13)17-6-11(7-17)16-10-3-4-18-8-10/h5,9-11,16H,2-4,6-8H2,1H3/t10-/m0/s1. The van der Waals surface area contributed by atoms with Gasteiger partial charge in [-0.15, -0.1) is 0 Å². The van der Waals surface area contributed by atoms with Gasteiger partial charge < -0.3 is 19.7 Å². The number of hydrogen-bond acceptors (Lipinski definition) is 6. The van der Waals surface area contributed by atoms with Gasteiger partial charge in [0.2, 0.25) is 5.88 Å². The van der Waals surface area contributed by atoms with E-state index in [1.54, 1.807) is 6.33 Å². The van der Waals surface area contributed by atoms with Crippen molar-refractivity contribution in [2.24, 2.45) is 0 Å². The van der Waals surface area contributed by atoms with Crippen molar-refractivity contribution in [1.29, 1.82) is 0 Å². The quantitative estimate of drug-likeness (QED) is 0.833. The number of ether oxygens (including phenoxy) is 2. The molecule has 0 amide bonds. The Morgan fingerprint density at radius 2 is 2.32 bits per heavy atom. The Hall–Kier alpha value is -1.40. The van der Waals surface area contributed by atoms with E-state index in [-0.39, 0.29) is 0 Å². The molecule has 2 saturated heterocycles. The second-order valence-electron chi connectivity index (χ2n) is 4.98. The van der Waals surface area contributed by atoms with Crippen LogP contribution in [-0.2, 0) is 4.74 Å². The van der Waals surface area contributed by atoms with Crippen molar-refractivity contribution in [3.8, 4) is 5.88 Å². The van der Waals surface area contributed by atoms with Crippen LogP contribution in [0.15, 0.2) is 12.4 Å². The zero-order chi connectivity index (χ0) is 13.1. The Bertz CT molecular complexity index is 417. The van der Waals surface area contributed by atoms with Crippen LogP contribution in [0.4, 0.5) is 5.82 Å². The van der Waals surface area contributed by atoms with Gasteiger partial charge in [-0.05, 0) is 13.3 Å². The molecule has 0 saturated carbocycles. The molecular weight excluding hydrogens is 244 g/mol. The van der Waals surface area contributed by atoms with Crippen molar-refractivity contribution in [1.82, 2.24) is 15.3 Å². The molecule has 1 aromatic rings. The molecule has 104 valence electrons. The second kappa shape index (κ2) is 5.71. The van der Waals surface area contributed by atoms with Crippen molar-refractivity contribution in [3.63, 3.8) is 0 Å². The van der Waals surface area contributed by atoms with E-state index in [2.05, 4.69) is 20.2 Å². The van der Waals surface area contributed by atoms with Crippen LogP contribution >= 0.6 is 0 Å². The van der Waals surface area contributed by atoms with Crippen LogP contribution in [0, 0.1) is 0 Å². The van der Waals surface area contributed by atoms with Gasteiger partial charge in [0.25, 0.3) is 0 Å². The molecular formula is C13H20N4O2. The maximum absolute atomic E-state index is 5.39. The minimum absolute atomic E-state index is 0.525. The molecule has 6 heteroatoms. The molecule has 6 nitrogen and oxygen atoms in total. The van der Waals surface area contributed by atoms with Gasteiger partial charge in [-0.1, -0.05) is 0 Å². The van der Waals surface area contributed by atoms with E-state index in [4.69, 9.17) is 9.47 Å². The smallest absolute Gasteiger partial charge is 0.218 e. The molecule has 0 radical (unpaired) electrons. The molecule has 1 aromatic heterocycles. The third-order valence-corrected chi connectivity index (χ3v) is 3.53. The summed E-state index contributed by atoms with van der Waals surface area (Å²) in [6, 6.07) is 2.96. The third-order valence-electron chi connectivity index (χ3n) is 3.53. The molecule has 2 aliphatic rings. The average Bonchev–Trinajstić information content (AvgIpc) is 2.87. The Kier molecular flexibility index (Phi) is 3.79. The molecule has 0 spiro atoms. The van der Waals surface area contributed by atoms with Gasteiger partial charge in [-0.2, -0.15) is 0 Å². The number of rotatable bonds is 5. The lowest BCUT2D eigenvalue weighted by atomic mass is 10.1. The Labute approximate surface area is 113 Å². The summed E-state index contributed by atoms with van der Waals surface area (Å²) in [6.45, 7) is 6.28. The molecule has 1 atom stereocenters. The topological polar surface area (TPSA) is 59.5 Å². The molecule has 0 bridgehead atoms. The van der Waals surface area contributed by atoms with E-state index >= 15 is 0 Å². The predicted octanol–water partition coefficient (Wildman–Crippen LogP) is 0.442. The lowest BCUT2D eigenvalue weighted by Crippen LogP contribution is -2.60. The van der Waals surface area contributed by atoms with Crippen LogP contribution in [0.3, 0.4) is 0 Å². The molecule has 0 unspecified atom stereocenters. The molecule has 1 N–H and O–H groups in total. The van der Waals surface area contributed by atoms with E-state index in [9.17, 15) is 0 Å². The maximum atomic E-state index is 5.39. The van der Waals surface area contributed by atoms with Gasteiger partial charge >= 0.3 is 0 Å². The molecule has 3 heterocycles. The minimum atomic E-state index is 0.525. The Morgan fingerprint density at radius 3 is 3.05 bits per heavy atom. The van der Waals surface area contributed by atoms with E-state index in [0.29, 0.717) is 24.6 Å². The second-order valence-corrected chi connectivity index (χ2v) is 4.98. The van der Waals surface area contributed by atoms with Crippen LogP contribution in [0.5, 0.6) is 5.88 Å². The number of nitrogens with one attached hydrogen (secondary N) is 1. The van der Waals surface area contributed by atoms with Gasteiger partial charge in [0.15, 0.2) is 0 Å². The first-order chi connectivity index (χ1) is 9.35. The van der Waals surface area contributed by atoms with E-state index in [1.807, 2.05) is 13.0 Å². The summed E-state index contributed by atoms with van der Waals surface area (Å²) in [5, 5.41) is 3.61. The summed E-state index contributed by atoms with van der Waals surface area (Å²) in [7, 11) is 0. The summed E-state index contributed by atoms with van der Waals surface area (Å²) in [5.41, 5.74) is 0.